The standard InChI is InChI=1S/C3H9O4P.C3H9O3P.CH5O4P.CH4O/c1-5-8(4,6-2)7-3;1-5-7(3,4)6-2;1-5-6(2,3)4;1-2/h1-3H3;1-3H3;1H3,(H2,2,3,4);2H,1H3. The van der Waals surface area contributed by atoms with E-state index in [4.69, 9.17) is 14.9 Å². The van der Waals surface area contributed by atoms with Gasteiger partial charge < -0.3 is 23.9 Å². The molecule has 3 N–H and O–H groups in total. The lowest BCUT2D eigenvalue weighted by Crippen LogP contribution is -1.88. The summed E-state index contributed by atoms with van der Waals surface area (Å²) in [5.74, 6) is 0. The molecule has 12 nitrogen and oxygen atoms in total. The minimum absolute atomic E-state index is 0.945. The van der Waals surface area contributed by atoms with Crippen molar-refractivity contribution < 1.29 is 55.7 Å². The van der Waals surface area contributed by atoms with Gasteiger partial charge in [-0.2, -0.15) is 0 Å². The number of aliphatic hydroxyl groups excluding tert-OH is 1. The van der Waals surface area contributed by atoms with Crippen molar-refractivity contribution in [3.05, 3.63) is 0 Å². The number of hydrogen-bond acceptors (Lipinski definition) is 10. The van der Waals surface area contributed by atoms with E-state index in [2.05, 4.69) is 27.1 Å². The van der Waals surface area contributed by atoms with Crippen LogP contribution in [0, 0.1) is 0 Å². The van der Waals surface area contributed by atoms with Gasteiger partial charge >= 0.3 is 23.2 Å². The van der Waals surface area contributed by atoms with E-state index in [9.17, 15) is 13.7 Å². The van der Waals surface area contributed by atoms with E-state index in [1.54, 1.807) is 0 Å². The normalized spacial score (nSPS) is 11.1. The van der Waals surface area contributed by atoms with Crippen LogP contribution in [-0.2, 0) is 40.8 Å². The maximum Gasteiger partial charge on any atom is 0.473 e. The SMILES string of the molecule is CO.COP(=O)(O)O.COP(=O)(OC)OC.COP(C)(=O)OC. The number of phosphoric acid groups is 2. The van der Waals surface area contributed by atoms with Crippen molar-refractivity contribution in [3.63, 3.8) is 0 Å². The monoisotopic (exact) mass is 408 g/mol. The average molecular weight is 408 g/mol. The minimum atomic E-state index is -4.15. The highest BCUT2D eigenvalue weighted by Crippen LogP contribution is 2.46. The van der Waals surface area contributed by atoms with Crippen LogP contribution in [0.3, 0.4) is 0 Å². The quantitative estimate of drug-likeness (QED) is 0.542. The van der Waals surface area contributed by atoms with Crippen LogP contribution in [0.15, 0.2) is 0 Å². The molecule has 0 saturated heterocycles. The third-order valence-corrected chi connectivity index (χ3v) is 4.72. The molecule has 0 amide bonds. The second-order valence-corrected chi connectivity index (χ2v) is 8.41. The fourth-order valence-electron chi connectivity index (χ4n) is 0.298. The summed E-state index contributed by atoms with van der Waals surface area (Å²) in [7, 11) is -1.54. The topological polar surface area (TPSA) is 167 Å². The summed E-state index contributed by atoms with van der Waals surface area (Å²) in [5, 5.41) is 7.00. The summed E-state index contributed by atoms with van der Waals surface area (Å²) >= 11 is 0. The Kier molecular flexibility index (Phi) is 23.2. The predicted octanol–water partition coefficient (Wildman–Crippen LogP) is 1.47. The molecule has 0 radical (unpaired) electrons. The summed E-state index contributed by atoms with van der Waals surface area (Å²) in [4.78, 5) is 15.4. The minimum Gasteiger partial charge on any atom is -0.400 e. The molecule has 0 aromatic rings. The molecule has 15 heteroatoms. The van der Waals surface area contributed by atoms with Gasteiger partial charge in [0.1, 0.15) is 0 Å². The average Bonchev–Trinajstić information content (AvgIpc) is 2.56. The number of phosphoric ester groups is 2. The Hall–Kier alpha value is 0.330. The van der Waals surface area contributed by atoms with E-state index in [1.807, 2.05) is 0 Å². The van der Waals surface area contributed by atoms with Crippen LogP contribution in [0.4, 0.5) is 0 Å². The number of rotatable bonds is 6. The van der Waals surface area contributed by atoms with Crippen LogP contribution in [-0.4, -0.2) is 71.3 Å². The first kappa shape index (κ1) is 31.1. The molecule has 0 aliphatic rings. The first-order valence-corrected chi connectivity index (χ1v) is 10.4. The smallest absolute Gasteiger partial charge is 0.400 e. The van der Waals surface area contributed by atoms with Crippen LogP contribution in [0.2, 0.25) is 0 Å². The van der Waals surface area contributed by atoms with Crippen molar-refractivity contribution in [1.82, 2.24) is 0 Å². The first-order chi connectivity index (χ1) is 10.4. The second-order valence-electron chi connectivity index (χ2n) is 2.80. The molecule has 0 unspecified atom stereocenters. The van der Waals surface area contributed by atoms with E-state index in [0.29, 0.717) is 0 Å². The maximum absolute atomic E-state index is 10.7. The van der Waals surface area contributed by atoms with E-state index in [0.717, 1.165) is 14.2 Å². The molecule has 23 heavy (non-hydrogen) atoms. The van der Waals surface area contributed by atoms with Gasteiger partial charge in [0.15, 0.2) is 0 Å². The number of aliphatic hydroxyl groups is 1. The molecule has 0 bridgehead atoms. The summed E-state index contributed by atoms with van der Waals surface area (Å²) in [5.41, 5.74) is 0. The van der Waals surface area contributed by atoms with Gasteiger partial charge in [-0.15, -0.1) is 0 Å². The lowest BCUT2D eigenvalue weighted by atomic mass is 11.8. The second kappa shape index (κ2) is 17.2. The van der Waals surface area contributed by atoms with Gasteiger partial charge in [0.2, 0.25) is 0 Å². The third-order valence-electron chi connectivity index (χ3n) is 1.57. The van der Waals surface area contributed by atoms with Gasteiger partial charge in [-0.25, -0.2) is 9.13 Å². The Morgan fingerprint density at radius 3 is 0.826 bits per heavy atom. The van der Waals surface area contributed by atoms with E-state index in [-0.39, 0.29) is 0 Å². The molecule has 0 aliphatic heterocycles. The van der Waals surface area contributed by atoms with Gasteiger partial charge in [0.05, 0.1) is 0 Å². The summed E-state index contributed by atoms with van der Waals surface area (Å²) < 4.78 is 56.1. The Labute approximate surface area is 136 Å². The van der Waals surface area contributed by atoms with Crippen LogP contribution in [0.1, 0.15) is 0 Å². The maximum atomic E-state index is 10.7. The van der Waals surface area contributed by atoms with E-state index < -0.39 is 23.2 Å². The van der Waals surface area contributed by atoms with Crippen molar-refractivity contribution in [2.45, 2.75) is 0 Å². The van der Waals surface area contributed by atoms with Crippen molar-refractivity contribution in [1.29, 1.82) is 0 Å². The summed E-state index contributed by atoms with van der Waals surface area (Å²) in [6.45, 7) is 1.41. The lowest BCUT2D eigenvalue weighted by molar-refractivity contribution is 0.178. The molecule has 0 saturated carbocycles. The highest BCUT2D eigenvalue weighted by Gasteiger charge is 2.18. The Morgan fingerprint density at radius 2 is 0.826 bits per heavy atom. The fourth-order valence-corrected chi connectivity index (χ4v) is 0.894. The van der Waals surface area contributed by atoms with Gasteiger partial charge in [0, 0.05) is 56.4 Å². The van der Waals surface area contributed by atoms with Crippen LogP contribution in [0.5, 0.6) is 0 Å². The van der Waals surface area contributed by atoms with Crippen molar-refractivity contribution in [2.24, 2.45) is 0 Å². The number of hydrogen-bond donors (Lipinski definition) is 3. The Balaban J connectivity index is -0.000000112. The largest absolute Gasteiger partial charge is 0.473 e. The molecule has 0 aliphatic carbocycles. The highest BCUT2D eigenvalue weighted by atomic mass is 31.2. The van der Waals surface area contributed by atoms with Gasteiger partial charge in [-0.3, -0.25) is 22.7 Å². The molecule has 0 rings (SSSR count). The third kappa shape index (κ3) is 27.5. The molecule has 146 valence electrons. The zero-order valence-electron chi connectivity index (χ0n) is 14.4. The van der Waals surface area contributed by atoms with E-state index >= 15 is 0 Å². The summed E-state index contributed by atoms with van der Waals surface area (Å²) in [6.07, 6.45) is 0. The molecule has 0 aromatic heterocycles. The highest BCUT2D eigenvalue weighted by molar-refractivity contribution is 7.52. The zero-order valence-corrected chi connectivity index (χ0v) is 17.0. The van der Waals surface area contributed by atoms with Gasteiger partial charge in [-0.05, 0) is 0 Å². The fraction of sp³-hybridized carbons (Fsp3) is 1.00. The Morgan fingerprint density at radius 1 is 0.609 bits per heavy atom. The predicted molar refractivity (Wildman–Crippen MR) is 83.4 cm³/mol. The van der Waals surface area contributed by atoms with Crippen molar-refractivity contribution in [2.75, 3.05) is 56.4 Å². The lowest BCUT2D eigenvalue weighted by Gasteiger charge is -2.08. The van der Waals surface area contributed by atoms with Crippen molar-refractivity contribution in [3.8, 4) is 0 Å². The van der Waals surface area contributed by atoms with Crippen molar-refractivity contribution >= 4 is 23.2 Å². The molecule has 0 fully saturated rings. The van der Waals surface area contributed by atoms with Gasteiger partial charge in [0.25, 0.3) is 0 Å². The molecule has 0 heterocycles. The van der Waals surface area contributed by atoms with Crippen LogP contribution in [0.25, 0.3) is 0 Å². The summed E-state index contributed by atoms with van der Waals surface area (Å²) in [6, 6.07) is 0. The molecule has 0 spiro atoms. The zero-order chi connectivity index (χ0) is 19.7. The first-order valence-electron chi connectivity index (χ1n) is 5.39. The van der Waals surface area contributed by atoms with Crippen LogP contribution < -0.4 is 0 Å². The van der Waals surface area contributed by atoms with Gasteiger partial charge in [-0.1, -0.05) is 0 Å². The molecular formula is C8H27O12P3. The Bertz CT molecular complexity index is 353. The van der Waals surface area contributed by atoms with Crippen LogP contribution >= 0.6 is 23.2 Å². The molecule has 0 aromatic carbocycles. The molecular weight excluding hydrogens is 381 g/mol. The van der Waals surface area contributed by atoms with E-state index in [1.165, 1.54) is 42.2 Å². The molecule has 0 atom stereocenters.